The van der Waals surface area contributed by atoms with Crippen LogP contribution in [0.3, 0.4) is 0 Å². The van der Waals surface area contributed by atoms with E-state index in [1.165, 1.54) is 0 Å². The van der Waals surface area contributed by atoms with Crippen LogP contribution in [0.25, 0.3) is 10.9 Å². The first-order chi connectivity index (χ1) is 10.6. The Morgan fingerprint density at radius 3 is 2.77 bits per heavy atom. The van der Waals surface area contributed by atoms with Crippen molar-refractivity contribution in [2.24, 2.45) is 0 Å². The molecule has 0 aliphatic carbocycles. The number of amides is 1. The Bertz CT molecular complexity index is 847. The van der Waals surface area contributed by atoms with Crippen LogP contribution in [0.1, 0.15) is 0 Å². The smallest absolute Gasteiger partial charge is 0.408 e. The number of carbonyl (C=O) groups excluding carboxylic acids is 1. The van der Waals surface area contributed by atoms with Gasteiger partial charge in [-0.1, -0.05) is 18.2 Å². The Balaban J connectivity index is 1.83. The van der Waals surface area contributed by atoms with Crippen molar-refractivity contribution >= 4 is 22.7 Å². The Hall–Kier alpha value is -3.02. The topological polar surface area (TPSA) is 51.2 Å². The Morgan fingerprint density at radius 1 is 1.09 bits per heavy atom. The Morgan fingerprint density at radius 2 is 1.91 bits per heavy atom. The van der Waals surface area contributed by atoms with E-state index in [1.54, 1.807) is 24.4 Å². The number of para-hydroxylation sites is 1. The number of fused-ring (bicyclic) bond motifs is 1. The van der Waals surface area contributed by atoms with E-state index < -0.39 is 17.7 Å². The molecule has 0 bridgehead atoms. The number of pyridine rings is 1. The number of rotatable bonds is 2. The third kappa shape index (κ3) is 2.85. The molecule has 1 heterocycles. The number of benzene rings is 2. The van der Waals surface area contributed by atoms with E-state index in [9.17, 15) is 13.6 Å². The predicted molar refractivity (Wildman–Crippen MR) is 77.7 cm³/mol. The molecule has 1 amide bonds. The largest absolute Gasteiger partial charge is 0.417 e. The predicted octanol–water partition coefficient (Wildman–Crippen LogP) is 4.12. The van der Waals surface area contributed by atoms with Crippen molar-refractivity contribution < 1.29 is 18.3 Å². The van der Waals surface area contributed by atoms with Crippen LogP contribution in [-0.2, 0) is 0 Å². The maximum absolute atomic E-state index is 13.5. The number of halogens is 2. The lowest BCUT2D eigenvalue weighted by molar-refractivity contribution is 0.215. The summed E-state index contributed by atoms with van der Waals surface area (Å²) in [5.74, 6) is -1.19. The van der Waals surface area contributed by atoms with Gasteiger partial charge in [-0.15, -0.1) is 0 Å². The number of anilines is 1. The Labute approximate surface area is 124 Å². The minimum Gasteiger partial charge on any atom is -0.408 e. The van der Waals surface area contributed by atoms with E-state index >= 15 is 0 Å². The molecule has 0 fully saturated rings. The van der Waals surface area contributed by atoms with Crippen molar-refractivity contribution in [3.63, 3.8) is 0 Å². The molecule has 1 N–H and O–H groups in total. The monoisotopic (exact) mass is 300 g/mol. The highest BCUT2D eigenvalue weighted by molar-refractivity contribution is 5.91. The summed E-state index contributed by atoms with van der Waals surface area (Å²) < 4.78 is 31.7. The quantitative estimate of drug-likeness (QED) is 0.774. The standard InChI is InChI=1S/C16H10F2N2O2/c17-11-6-7-12(18)13(9-11)20-16(21)22-14-5-1-3-10-4-2-8-19-15(10)14/h1-9H,(H,20,21). The van der Waals surface area contributed by atoms with Crippen molar-refractivity contribution in [1.29, 1.82) is 0 Å². The summed E-state index contributed by atoms with van der Waals surface area (Å²) in [6, 6.07) is 11.4. The van der Waals surface area contributed by atoms with Crippen LogP contribution in [0.4, 0.5) is 19.3 Å². The number of aromatic nitrogens is 1. The summed E-state index contributed by atoms with van der Waals surface area (Å²) in [5, 5.41) is 2.96. The minimum atomic E-state index is -0.928. The molecule has 22 heavy (non-hydrogen) atoms. The minimum absolute atomic E-state index is 0.229. The molecule has 0 aliphatic heterocycles. The summed E-state index contributed by atoms with van der Waals surface area (Å²) in [6.07, 6.45) is 0.641. The molecular formula is C16H10F2N2O2. The maximum Gasteiger partial charge on any atom is 0.417 e. The van der Waals surface area contributed by atoms with Crippen LogP contribution in [0.5, 0.6) is 5.75 Å². The molecule has 1 aromatic heterocycles. The first kappa shape index (κ1) is 13.9. The van der Waals surface area contributed by atoms with E-state index in [4.69, 9.17) is 4.74 Å². The van der Waals surface area contributed by atoms with Gasteiger partial charge in [0, 0.05) is 17.6 Å². The van der Waals surface area contributed by atoms with Gasteiger partial charge in [0.15, 0.2) is 5.75 Å². The zero-order valence-corrected chi connectivity index (χ0v) is 11.2. The fourth-order valence-corrected chi connectivity index (χ4v) is 1.99. The average molecular weight is 300 g/mol. The molecule has 0 saturated heterocycles. The van der Waals surface area contributed by atoms with Crippen molar-refractivity contribution in [2.75, 3.05) is 5.32 Å². The van der Waals surface area contributed by atoms with Crippen molar-refractivity contribution in [2.45, 2.75) is 0 Å². The van der Waals surface area contributed by atoms with Gasteiger partial charge in [-0.2, -0.15) is 0 Å². The molecule has 4 nitrogen and oxygen atoms in total. The number of nitrogens with zero attached hydrogens (tertiary/aromatic N) is 1. The van der Waals surface area contributed by atoms with Gasteiger partial charge in [0.1, 0.15) is 17.2 Å². The fraction of sp³-hybridized carbons (Fsp3) is 0. The van der Waals surface area contributed by atoms with E-state index in [-0.39, 0.29) is 11.4 Å². The molecule has 0 atom stereocenters. The molecule has 6 heteroatoms. The second-order valence-corrected chi connectivity index (χ2v) is 4.47. The van der Waals surface area contributed by atoms with Crippen molar-refractivity contribution in [3.05, 3.63) is 66.4 Å². The number of hydrogen-bond acceptors (Lipinski definition) is 3. The van der Waals surface area contributed by atoms with Gasteiger partial charge >= 0.3 is 6.09 Å². The van der Waals surface area contributed by atoms with Gasteiger partial charge in [0.2, 0.25) is 0 Å². The summed E-state index contributed by atoms with van der Waals surface area (Å²) in [6.45, 7) is 0. The normalized spacial score (nSPS) is 10.5. The molecule has 110 valence electrons. The number of ether oxygens (including phenoxy) is 1. The van der Waals surface area contributed by atoms with Gasteiger partial charge in [0.05, 0.1) is 5.69 Å². The molecule has 0 unspecified atom stereocenters. The first-order valence-electron chi connectivity index (χ1n) is 6.41. The van der Waals surface area contributed by atoms with Gasteiger partial charge in [-0.05, 0) is 24.3 Å². The fourth-order valence-electron chi connectivity index (χ4n) is 1.99. The molecular weight excluding hydrogens is 290 g/mol. The highest BCUT2D eigenvalue weighted by Crippen LogP contribution is 2.23. The number of nitrogens with one attached hydrogen (secondary N) is 1. The van der Waals surface area contributed by atoms with Crippen molar-refractivity contribution in [1.82, 2.24) is 4.98 Å². The van der Waals surface area contributed by atoms with E-state index in [0.717, 1.165) is 23.6 Å². The van der Waals surface area contributed by atoms with Gasteiger partial charge in [0.25, 0.3) is 0 Å². The van der Waals surface area contributed by atoms with Crippen molar-refractivity contribution in [3.8, 4) is 5.75 Å². The third-order valence-electron chi connectivity index (χ3n) is 2.96. The SMILES string of the molecule is O=C(Nc1cc(F)ccc1F)Oc1cccc2cccnc12. The molecule has 0 aliphatic rings. The van der Waals surface area contributed by atoms with E-state index in [0.29, 0.717) is 5.52 Å². The van der Waals surface area contributed by atoms with Gasteiger partial charge < -0.3 is 4.74 Å². The number of carbonyl (C=O) groups is 1. The van der Waals surface area contributed by atoms with Crippen LogP contribution in [0.15, 0.2) is 54.7 Å². The highest BCUT2D eigenvalue weighted by Gasteiger charge is 2.12. The lowest BCUT2D eigenvalue weighted by Crippen LogP contribution is -2.18. The summed E-state index contributed by atoms with van der Waals surface area (Å²) in [4.78, 5) is 16.0. The van der Waals surface area contributed by atoms with Crippen LogP contribution in [0.2, 0.25) is 0 Å². The molecule has 0 spiro atoms. The molecule has 3 aromatic rings. The molecule has 0 saturated carbocycles. The molecule has 2 aromatic carbocycles. The molecule has 0 radical (unpaired) electrons. The summed E-state index contributed by atoms with van der Waals surface area (Å²) in [7, 11) is 0. The highest BCUT2D eigenvalue weighted by atomic mass is 19.1. The van der Waals surface area contributed by atoms with Gasteiger partial charge in [-0.25, -0.2) is 13.6 Å². The zero-order chi connectivity index (χ0) is 15.5. The van der Waals surface area contributed by atoms with E-state index in [2.05, 4.69) is 10.3 Å². The van der Waals surface area contributed by atoms with Crippen LogP contribution in [0, 0.1) is 11.6 Å². The maximum atomic E-state index is 13.5. The second kappa shape index (κ2) is 5.77. The van der Waals surface area contributed by atoms with Crippen LogP contribution >= 0.6 is 0 Å². The zero-order valence-electron chi connectivity index (χ0n) is 11.2. The second-order valence-electron chi connectivity index (χ2n) is 4.47. The average Bonchev–Trinajstić information content (AvgIpc) is 2.51. The van der Waals surface area contributed by atoms with Crippen LogP contribution in [-0.4, -0.2) is 11.1 Å². The summed E-state index contributed by atoms with van der Waals surface area (Å²) >= 11 is 0. The Kier molecular flexibility index (Phi) is 3.65. The molecule has 3 rings (SSSR count). The third-order valence-corrected chi connectivity index (χ3v) is 2.96. The number of hydrogen-bond donors (Lipinski definition) is 1. The van der Waals surface area contributed by atoms with Gasteiger partial charge in [-0.3, -0.25) is 10.3 Å². The lowest BCUT2D eigenvalue weighted by Gasteiger charge is -2.09. The lowest BCUT2D eigenvalue weighted by atomic mass is 10.2. The first-order valence-corrected chi connectivity index (χ1v) is 6.41. The van der Waals surface area contributed by atoms with Crippen LogP contribution < -0.4 is 10.1 Å². The van der Waals surface area contributed by atoms with E-state index in [1.807, 2.05) is 12.1 Å². The summed E-state index contributed by atoms with van der Waals surface area (Å²) in [5.41, 5.74) is 0.207.